The first-order valence-corrected chi connectivity index (χ1v) is 9.89. The third kappa shape index (κ3) is 6.14. The molecule has 0 aromatic heterocycles. The number of piperidine rings is 2. The molecular formula is C19H34ClN3O2. The Bertz CT molecular complexity index is 450. The Morgan fingerprint density at radius 3 is 2.56 bits per heavy atom. The number of nitrogens with zero attached hydrogens (tertiary/aromatic N) is 1. The zero-order valence-corrected chi connectivity index (χ0v) is 16.3. The second kappa shape index (κ2) is 9.77. The van der Waals surface area contributed by atoms with E-state index in [1.54, 1.807) is 0 Å². The maximum atomic E-state index is 12.7. The lowest BCUT2D eigenvalue weighted by molar-refractivity contribution is -0.136. The maximum Gasteiger partial charge on any atom is 0.224 e. The number of rotatable bonds is 6. The Kier molecular flexibility index (Phi) is 8.01. The normalized spacial score (nSPS) is 25.8. The number of likely N-dealkylation sites (tertiary alicyclic amines) is 1. The minimum absolute atomic E-state index is 0. The molecule has 0 radical (unpaired) electrons. The lowest BCUT2D eigenvalue weighted by Gasteiger charge is -2.34. The summed E-state index contributed by atoms with van der Waals surface area (Å²) in [5.74, 6) is 2.23. The van der Waals surface area contributed by atoms with Crippen LogP contribution < -0.4 is 10.6 Å². The number of hydrogen-bond donors (Lipinski definition) is 2. The average Bonchev–Trinajstić information content (AvgIpc) is 3.45. The summed E-state index contributed by atoms with van der Waals surface area (Å²) in [5, 5.41) is 6.47. The van der Waals surface area contributed by atoms with Crippen LogP contribution in [-0.4, -0.2) is 49.4 Å². The van der Waals surface area contributed by atoms with Gasteiger partial charge in [-0.3, -0.25) is 9.59 Å². The van der Waals surface area contributed by atoms with E-state index >= 15 is 0 Å². The summed E-state index contributed by atoms with van der Waals surface area (Å²) in [4.78, 5) is 26.9. The van der Waals surface area contributed by atoms with Crippen molar-refractivity contribution in [3.05, 3.63) is 0 Å². The van der Waals surface area contributed by atoms with Crippen molar-refractivity contribution in [2.45, 2.75) is 51.9 Å². The molecule has 2 saturated heterocycles. The third-order valence-electron chi connectivity index (χ3n) is 6.09. The predicted octanol–water partition coefficient (Wildman–Crippen LogP) is 2.20. The molecule has 1 saturated carbocycles. The van der Waals surface area contributed by atoms with Gasteiger partial charge in [0.1, 0.15) is 0 Å². The molecule has 1 aliphatic carbocycles. The van der Waals surface area contributed by atoms with Gasteiger partial charge in [-0.2, -0.15) is 0 Å². The van der Waals surface area contributed by atoms with Crippen molar-refractivity contribution in [3.8, 4) is 0 Å². The zero-order valence-electron chi connectivity index (χ0n) is 15.5. The largest absolute Gasteiger partial charge is 0.356 e. The second-order valence-electron chi connectivity index (χ2n) is 8.14. The summed E-state index contributed by atoms with van der Waals surface area (Å²) in [6.45, 7) is 6.65. The van der Waals surface area contributed by atoms with E-state index in [9.17, 15) is 9.59 Å². The van der Waals surface area contributed by atoms with Gasteiger partial charge in [-0.25, -0.2) is 0 Å². The second-order valence-corrected chi connectivity index (χ2v) is 8.14. The molecule has 6 heteroatoms. The number of hydrogen-bond acceptors (Lipinski definition) is 3. The average molecular weight is 372 g/mol. The monoisotopic (exact) mass is 371 g/mol. The molecule has 3 fully saturated rings. The number of carbonyl (C=O) groups excluding carboxylic acids is 2. The Hall–Kier alpha value is -0.810. The molecule has 2 N–H and O–H groups in total. The Balaban J connectivity index is 0.00000225. The SMILES string of the molecule is CC(CC(=O)N1CCCC(C(=O)NCC2CC2)C1)C1CCNCC1.Cl. The molecule has 0 aromatic carbocycles. The van der Waals surface area contributed by atoms with Crippen LogP contribution in [0.5, 0.6) is 0 Å². The third-order valence-corrected chi connectivity index (χ3v) is 6.09. The van der Waals surface area contributed by atoms with Crippen molar-refractivity contribution in [2.75, 3.05) is 32.7 Å². The molecule has 0 spiro atoms. The maximum absolute atomic E-state index is 12.7. The fourth-order valence-electron chi connectivity index (χ4n) is 4.11. The number of amides is 2. The minimum Gasteiger partial charge on any atom is -0.356 e. The van der Waals surface area contributed by atoms with Crippen LogP contribution in [0.3, 0.4) is 0 Å². The fourth-order valence-corrected chi connectivity index (χ4v) is 4.11. The number of halogens is 1. The Labute approximate surface area is 158 Å². The van der Waals surface area contributed by atoms with Crippen LogP contribution in [-0.2, 0) is 9.59 Å². The smallest absolute Gasteiger partial charge is 0.224 e. The lowest BCUT2D eigenvalue weighted by atomic mass is 9.83. The highest BCUT2D eigenvalue weighted by Gasteiger charge is 2.31. The molecule has 3 aliphatic rings. The van der Waals surface area contributed by atoms with Crippen LogP contribution in [0.4, 0.5) is 0 Å². The zero-order chi connectivity index (χ0) is 16.9. The Morgan fingerprint density at radius 1 is 1.16 bits per heavy atom. The van der Waals surface area contributed by atoms with Gasteiger partial charge in [0.2, 0.25) is 11.8 Å². The Morgan fingerprint density at radius 2 is 1.88 bits per heavy atom. The van der Waals surface area contributed by atoms with Crippen LogP contribution in [0.15, 0.2) is 0 Å². The molecular weight excluding hydrogens is 338 g/mol. The number of nitrogens with one attached hydrogen (secondary N) is 2. The van der Waals surface area contributed by atoms with Crippen molar-refractivity contribution < 1.29 is 9.59 Å². The first kappa shape index (κ1) is 20.5. The van der Waals surface area contributed by atoms with Crippen molar-refractivity contribution in [1.29, 1.82) is 0 Å². The quantitative estimate of drug-likeness (QED) is 0.752. The molecule has 2 unspecified atom stereocenters. The summed E-state index contributed by atoms with van der Waals surface area (Å²) in [7, 11) is 0. The summed E-state index contributed by atoms with van der Waals surface area (Å²) in [6, 6.07) is 0. The minimum atomic E-state index is -0.00404. The molecule has 5 nitrogen and oxygen atoms in total. The molecule has 2 atom stereocenters. The van der Waals surface area contributed by atoms with E-state index in [4.69, 9.17) is 0 Å². The van der Waals surface area contributed by atoms with Gasteiger partial charge in [0.15, 0.2) is 0 Å². The molecule has 25 heavy (non-hydrogen) atoms. The summed E-state index contributed by atoms with van der Waals surface area (Å²) in [5.41, 5.74) is 0. The van der Waals surface area contributed by atoms with Crippen LogP contribution >= 0.6 is 12.4 Å². The van der Waals surface area contributed by atoms with E-state index < -0.39 is 0 Å². The van der Waals surface area contributed by atoms with Crippen molar-refractivity contribution in [2.24, 2.45) is 23.7 Å². The standard InChI is InChI=1S/C19H33N3O2.ClH/c1-14(16-6-8-20-9-7-16)11-18(23)22-10-2-3-17(13-22)19(24)21-12-15-4-5-15;/h14-17,20H,2-13H2,1H3,(H,21,24);1H. The lowest BCUT2D eigenvalue weighted by Crippen LogP contribution is -2.46. The van der Waals surface area contributed by atoms with Crippen LogP contribution in [0.1, 0.15) is 51.9 Å². The highest BCUT2D eigenvalue weighted by Crippen LogP contribution is 2.28. The van der Waals surface area contributed by atoms with E-state index in [-0.39, 0.29) is 30.1 Å². The predicted molar refractivity (Wildman–Crippen MR) is 102 cm³/mol. The van der Waals surface area contributed by atoms with E-state index in [1.165, 1.54) is 25.7 Å². The van der Waals surface area contributed by atoms with Gasteiger partial charge in [0.25, 0.3) is 0 Å². The van der Waals surface area contributed by atoms with Gasteiger partial charge in [-0.05, 0) is 69.4 Å². The van der Waals surface area contributed by atoms with Crippen LogP contribution in [0, 0.1) is 23.7 Å². The summed E-state index contributed by atoms with van der Waals surface area (Å²) >= 11 is 0. The van der Waals surface area contributed by atoms with Gasteiger partial charge in [0, 0.05) is 26.1 Å². The van der Waals surface area contributed by atoms with Crippen molar-refractivity contribution in [3.63, 3.8) is 0 Å². The molecule has 2 aliphatic heterocycles. The van der Waals surface area contributed by atoms with Crippen LogP contribution in [0.2, 0.25) is 0 Å². The summed E-state index contributed by atoms with van der Waals surface area (Å²) < 4.78 is 0. The highest BCUT2D eigenvalue weighted by molar-refractivity contribution is 5.85. The first-order chi connectivity index (χ1) is 11.6. The van der Waals surface area contributed by atoms with Crippen LogP contribution in [0.25, 0.3) is 0 Å². The van der Waals surface area contributed by atoms with Gasteiger partial charge in [-0.1, -0.05) is 6.92 Å². The first-order valence-electron chi connectivity index (χ1n) is 9.89. The molecule has 0 aromatic rings. The topological polar surface area (TPSA) is 61.4 Å². The van der Waals surface area contributed by atoms with Gasteiger partial charge < -0.3 is 15.5 Å². The van der Waals surface area contributed by atoms with E-state index in [1.807, 2.05) is 4.90 Å². The molecule has 0 bridgehead atoms. The van der Waals surface area contributed by atoms with Gasteiger partial charge >= 0.3 is 0 Å². The van der Waals surface area contributed by atoms with E-state index in [0.717, 1.165) is 39.0 Å². The molecule has 2 amide bonds. The van der Waals surface area contributed by atoms with E-state index in [0.29, 0.717) is 30.7 Å². The highest BCUT2D eigenvalue weighted by atomic mass is 35.5. The van der Waals surface area contributed by atoms with Gasteiger partial charge in [0.05, 0.1) is 5.92 Å². The van der Waals surface area contributed by atoms with Crippen molar-refractivity contribution in [1.82, 2.24) is 15.5 Å². The number of carbonyl (C=O) groups is 2. The molecule has 2 heterocycles. The fraction of sp³-hybridized carbons (Fsp3) is 0.895. The summed E-state index contributed by atoms with van der Waals surface area (Å²) in [6.07, 6.45) is 7.38. The van der Waals surface area contributed by atoms with Crippen molar-refractivity contribution >= 4 is 24.2 Å². The van der Waals surface area contributed by atoms with E-state index in [2.05, 4.69) is 17.6 Å². The molecule has 3 rings (SSSR count). The van der Waals surface area contributed by atoms with Gasteiger partial charge in [-0.15, -0.1) is 12.4 Å². The molecule has 144 valence electrons.